The van der Waals surface area contributed by atoms with Crippen LogP contribution in [0.3, 0.4) is 0 Å². The normalized spacial score (nSPS) is 10.4. The van der Waals surface area contributed by atoms with E-state index in [2.05, 4.69) is 19.9 Å². The minimum absolute atomic E-state index is 0. The van der Waals surface area contributed by atoms with Crippen molar-refractivity contribution in [3.05, 3.63) is 48.6 Å². The summed E-state index contributed by atoms with van der Waals surface area (Å²) in [5.41, 5.74) is 21.7. The molecule has 0 aliphatic rings. The highest BCUT2D eigenvalue weighted by Crippen LogP contribution is 1.98. The molecule has 0 radical (unpaired) electrons. The van der Waals surface area contributed by atoms with E-state index in [0.29, 0.717) is 24.7 Å². The first-order valence-electron chi connectivity index (χ1n) is 6.14. The molecule has 0 saturated carbocycles. The van der Waals surface area contributed by atoms with E-state index in [9.17, 15) is 0 Å². The number of nitrogens with zero attached hydrogens (tertiary/aromatic N) is 4. The van der Waals surface area contributed by atoms with Crippen molar-refractivity contribution in [2.24, 2.45) is 22.9 Å². The minimum Gasteiger partial charge on any atom is -0.412 e. The smallest absolute Gasteiger partial charge is 0.146 e. The van der Waals surface area contributed by atoms with E-state index >= 15 is 0 Å². The van der Waals surface area contributed by atoms with Gasteiger partial charge in [0.2, 0.25) is 0 Å². The number of hydrogen-bond donors (Lipinski definition) is 4. The Morgan fingerprint density at radius 1 is 0.640 bits per heavy atom. The summed E-state index contributed by atoms with van der Waals surface area (Å²) < 4.78 is 0. The molecule has 9 nitrogen and oxygen atoms in total. The van der Waals surface area contributed by atoms with Crippen LogP contribution in [-0.2, 0) is 0 Å². The average molecular weight is 440 g/mol. The van der Waals surface area contributed by atoms with E-state index in [1.54, 1.807) is 36.9 Å². The first kappa shape index (κ1) is 35.3. The molecule has 148 valence electrons. The Labute approximate surface area is 171 Å². The van der Waals surface area contributed by atoms with Gasteiger partial charge in [0.05, 0.1) is 12.1 Å². The van der Waals surface area contributed by atoms with Crippen LogP contribution < -0.4 is 22.9 Å². The maximum absolute atomic E-state index is 5.54. The number of hydrogen-bond acceptors (Lipinski definition) is 8. The van der Waals surface area contributed by atoms with Crippen LogP contribution in [0.15, 0.2) is 36.9 Å². The number of nitrogens with two attached hydrogens (primary N) is 4. The summed E-state index contributed by atoms with van der Waals surface area (Å²) in [6.07, 6.45) is 6.60. The molecule has 0 fully saturated rings. The van der Waals surface area contributed by atoms with E-state index in [-0.39, 0.29) is 67.2 Å². The Morgan fingerprint density at radius 2 is 0.880 bits per heavy atom. The van der Waals surface area contributed by atoms with Gasteiger partial charge in [-0.3, -0.25) is 0 Å². The summed E-state index contributed by atoms with van der Waals surface area (Å²) >= 11 is 0. The van der Waals surface area contributed by atoms with Gasteiger partial charge in [-0.15, -0.1) is 49.6 Å². The molecule has 2 heterocycles. The Hall–Kier alpha value is -0.880. The maximum atomic E-state index is 5.54. The Kier molecular flexibility index (Phi) is 29.9. The number of rotatable bonds is 4. The predicted molar refractivity (Wildman–Crippen MR) is 109 cm³/mol. The summed E-state index contributed by atoms with van der Waals surface area (Å²) in [5.74, 6) is 1.20. The third-order valence-electron chi connectivity index (χ3n) is 2.34. The molecule has 13 heteroatoms. The van der Waals surface area contributed by atoms with Gasteiger partial charge in [-0.25, -0.2) is 19.9 Å². The fourth-order valence-corrected chi connectivity index (χ4v) is 1.22. The summed E-state index contributed by atoms with van der Waals surface area (Å²) in [4.78, 5) is 15.7. The molecule has 0 aliphatic heterocycles. The number of halogens is 4. The van der Waals surface area contributed by atoms with Gasteiger partial charge in [-0.1, -0.05) is 0 Å². The lowest BCUT2D eigenvalue weighted by Gasteiger charge is -2.04. The molecule has 25 heavy (non-hydrogen) atoms. The van der Waals surface area contributed by atoms with E-state index in [1.807, 2.05) is 0 Å². The molecule has 0 bridgehead atoms. The van der Waals surface area contributed by atoms with Gasteiger partial charge >= 0.3 is 0 Å². The van der Waals surface area contributed by atoms with Crippen LogP contribution >= 0.6 is 49.6 Å². The second-order valence-electron chi connectivity index (χ2n) is 3.90. The molecule has 2 atom stereocenters. The molecule has 0 aliphatic carbocycles. The first-order chi connectivity index (χ1) is 9.69. The number of aromatic nitrogens is 4. The highest BCUT2D eigenvalue weighted by atomic mass is 35.5. The van der Waals surface area contributed by atoms with Crippen molar-refractivity contribution in [1.82, 2.24) is 19.9 Å². The minimum atomic E-state index is -0.235. The SMILES string of the molecule is Cl.Cl.Cl.Cl.NCC(N)c1ncccn1.NCC(N)c1ncccn1.O. The molecule has 0 aromatic carbocycles. The van der Waals surface area contributed by atoms with Crippen LogP contribution in [0.1, 0.15) is 23.7 Å². The Bertz CT molecular complexity index is 440. The van der Waals surface area contributed by atoms with Gasteiger partial charge in [-0.2, -0.15) is 0 Å². The second-order valence-corrected chi connectivity index (χ2v) is 3.90. The summed E-state index contributed by atoms with van der Waals surface area (Å²) in [7, 11) is 0. The molecule has 2 aromatic rings. The van der Waals surface area contributed by atoms with Crippen molar-refractivity contribution in [1.29, 1.82) is 0 Å². The van der Waals surface area contributed by atoms with Crippen LogP contribution in [0, 0.1) is 0 Å². The fraction of sp³-hybridized carbons (Fsp3) is 0.333. The van der Waals surface area contributed by atoms with Crippen molar-refractivity contribution in [3.63, 3.8) is 0 Å². The summed E-state index contributed by atoms with van der Waals surface area (Å²) in [6.45, 7) is 0.758. The largest absolute Gasteiger partial charge is 0.412 e. The van der Waals surface area contributed by atoms with Gasteiger partial charge < -0.3 is 28.4 Å². The highest BCUT2D eigenvalue weighted by Gasteiger charge is 2.04. The van der Waals surface area contributed by atoms with Gasteiger partial charge in [-0.05, 0) is 12.1 Å². The lowest BCUT2D eigenvalue weighted by Crippen LogP contribution is -2.22. The van der Waals surface area contributed by atoms with Crippen molar-refractivity contribution >= 4 is 49.6 Å². The van der Waals surface area contributed by atoms with Gasteiger partial charge in [0.15, 0.2) is 0 Å². The average Bonchev–Trinajstić information content (AvgIpc) is 2.55. The van der Waals surface area contributed by atoms with Gasteiger partial charge in [0, 0.05) is 37.9 Å². The first-order valence-corrected chi connectivity index (χ1v) is 6.14. The molecule has 2 rings (SSSR count). The fourth-order valence-electron chi connectivity index (χ4n) is 1.22. The zero-order valence-electron chi connectivity index (χ0n) is 13.3. The molecule has 10 N–H and O–H groups in total. The molecular weight excluding hydrogens is 414 g/mol. The van der Waals surface area contributed by atoms with Crippen LogP contribution in [-0.4, -0.2) is 38.5 Å². The summed E-state index contributed by atoms with van der Waals surface area (Å²) in [6, 6.07) is 3.02. The second kappa shape index (κ2) is 21.2. The van der Waals surface area contributed by atoms with Crippen LogP contribution in [0.2, 0.25) is 0 Å². The van der Waals surface area contributed by atoms with Gasteiger partial charge in [0.25, 0.3) is 0 Å². The molecule has 2 aromatic heterocycles. The molecule has 0 amide bonds. The Balaban J connectivity index is -0.0000000889. The zero-order valence-corrected chi connectivity index (χ0v) is 16.5. The van der Waals surface area contributed by atoms with Crippen LogP contribution in [0.4, 0.5) is 0 Å². The standard InChI is InChI=1S/2C6H10N4.4ClH.H2O/c2*7-4-5(8)6-9-2-1-3-10-6;;;;;/h2*1-3,5H,4,7-8H2;4*1H;1H2. The molecule has 2 unspecified atom stereocenters. The lowest BCUT2D eigenvalue weighted by atomic mass is 10.3. The lowest BCUT2D eigenvalue weighted by molar-refractivity contribution is 0.680. The topological polar surface area (TPSA) is 187 Å². The monoisotopic (exact) mass is 438 g/mol. The quantitative estimate of drug-likeness (QED) is 0.500. The summed E-state index contributed by atoms with van der Waals surface area (Å²) in [5, 5.41) is 0. The van der Waals surface area contributed by atoms with Crippen LogP contribution in [0.5, 0.6) is 0 Å². The predicted octanol–water partition coefficient (Wildman–Crippen LogP) is -0.267. The van der Waals surface area contributed by atoms with E-state index in [0.717, 1.165) is 0 Å². The zero-order chi connectivity index (χ0) is 14.8. The van der Waals surface area contributed by atoms with Gasteiger partial charge in [0.1, 0.15) is 11.6 Å². The van der Waals surface area contributed by atoms with E-state index in [4.69, 9.17) is 22.9 Å². The molecule has 0 spiro atoms. The van der Waals surface area contributed by atoms with Crippen molar-refractivity contribution in [3.8, 4) is 0 Å². The van der Waals surface area contributed by atoms with Crippen molar-refractivity contribution in [2.45, 2.75) is 12.1 Å². The van der Waals surface area contributed by atoms with E-state index in [1.165, 1.54) is 0 Å². The van der Waals surface area contributed by atoms with Crippen molar-refractivity contribution < 1.29 is 5.48 Å². The third-order valence-corrected chi connectivity index (χ3v) is 2.34. The molecule has 0 saturated heterocycles. The maximum Gasteiger partial charge on any atom is 0.146 e. The Morgan fingerprint density at radius 3 is 1.08 bits per heavy atom. The highest BCUT2D eigenvalue weighted by molar-refractivity contribution is 5.86. The molecular formula is C12H26Cl4N8O. The third kappa shape index (κ3) is 14.0. The van der Waals surface area contributed by atoms with Crippen molar-refractivity contribution in [2.75, 3.05) is 13.1 Å². The van der Waals surface area contributed by atoms with Crippen LogP contribution in [0.25, 0.3) is 0 Å². The van der Waals surface area contributed by atoms with E-state index < -0.39 is 0 Å².